The fourth-order valence-corrected chi connectivity index (χ4v) is 2.82. The smallest absolute Gasteiger partial charge is 0.305 e. The normalized spacial score (nSPS) is 10.4. The lowest BCUT2D eigenvalue weighted by Gasteiger charge is -2.16. The number of rotatable bonds is 9. The van der Waals surface area contributed by atoms with E-state index in [9.17, 15) is 9.59 Å². The molecule has 0 aliphatic rings. The summed E-state index contributed by atoms with van der Waals surface area (Å²) in [6.07, 6.45) is 1.04. The second-order valence-electron chi connectivity index (χ2n) is 4.54. The van der Waals surface area contributed by atoms with E-state index in [1.54, 1.807) is 18.9 Å². The maximum absolute atomic E-state index is 11.9. The highest BCUT2D eigenvalue weighted by atomic mass is 35.5. The Hall–Kier alpha value is -1.11. The number of halogens is 1. The van der Waals surface area contributed by atoms with Gasteiger partial charge in [-0.1, -0.05) is 11.6 Å². The molecule has 0 spiro atoms. The van der Waals surface area contributed by atoms with Gasteiger partial charge < -0.3 is 15.0 Å². The molecule has 0 atom stereocenters. The zero-order valence-corrected chi connectivity index (χ0v) is 13.9. The highest BCUT2D eigenvalue weighted by Crippen LogP contribution is 2.22. The fraction of sp³-hybridized carbons (Fsp3) is 0.571. The van der Waals surface area contributed by atoms with Gasteiger partial charge in [0.1, 0.15) is 0 Å². The molecule has 1 amide bonds. The number of likely N-dealkylation sites (N-methyl/N-ethyl adjacent to an activating group) is 1. The first-order valence-electron chi connectivity index (χ1n) is 6.87. The SMILES string of the molecule is CCOC(=O)CCCNCC(=O)N(C)Cc1ccc(Cl)s1. The van der Waals surface area contributed by atoms with E-state index < -0.39 is 0 Å². The molecule has 5 nitrogen and oxygen atoms in total. The summed E-state index contributed by atoms with van der Waals surface area (Å²) in [4.78, 5) is 25.7. The second kappa shape index (κ2) is 9.76. The number of amides is 1. The molecular weight excluding hydrogens is 312 g/mol. The van der Waals surface area contributed by atoms with Crippen molar-refractivity contribution >= 4 is 34.8 Å². The van der Waals surface area contributed by atoms with Gasteiger partial charge in [-0.3, -0.25) is 9.59 Å². The minimum absolute atomic E-state index is 0.00987. The Morgan fingerprint density at radius 1 is 1.43 bits per heavy atom. The molecule has 0 fully saturated rings. The van der Waals surface area contributed by atoms with E-state index in [0.29, 0.717) is 32.5 Å². The molecule has 0 aliphatic carbocycles. The van der Waals surface area contributed by atoms with Crippen molar-refractivity contribution < 1.29 is 14.3 Å². The Balaban J connectivity index is 2.14. The van der Waals surface area contributed by atoms with Crippen LogP contribution in [0.2, 0.25) is 4.34 Å². The summed E-state index contributed by atoms with van der Waals surface area (Å²) in [5, 5.41) is 3.03. The molecule has 0 saturated heterocycles. The molecule has 0 bridgehead atoms. The van der Waals surface area contributed by atoms with Gasteiger partial charge in [0, 0.05) is 18.3 Å². The average Bonchev–Trinajstić information content (AvgIpc) is 2.83. The van der Waals surface area contributed by atoms with E-state index in [0.717, 1.165) is 9.21 Å². The van der Waals surface area contributed by atoms with Crippen molar-refractivity contribution in [3.63, 3.8) is 0 Å². The molecule has 0 aliphatic heterocycles. The van der Waals surface area contributed by atoms with Crippen LogP contribution in [0.5, 0.6) is 0 Å². The molecule has 1 N–H and O–H groups in total. The van der Waals surface area contributed by atoms with Crippen LogP contribution in [-0.2, 0) is 20.9 Å². The largest absolute Gasteiger partial charge is 0.466 e. The van der Waals surface area contributed by atoms with Gasteiger partial charge >= 0.3 is 5.97 Å². The predicted molar refractivity (Wildman–Crippen MR) is 84.5 cm³/mol. The number of hydrogen-bond acceptors (Lipinski definition) is 5. The first kappa shape index (κ1) is 17.9. The van der Waals surface area contributed by atoms with Gasteiger partial charge in [0.05, 0.1) is 24.0 Å². The minimum atomic E-state index is -0.197. The zero-order chi connectivity index (χ0) is 15.7. The van der Waals surface area contributed by atoms with Crippen LogP contribution in [0.15, 0.2) is 12.1 Å². The molecule has 0 unspecified atom stereocenters. The molecule has 1 aromatic heterocycles. The van der Waals surface area contributed by atoms with Crippen LogP contribution >= 0.6 is 22.9 Å². The quantitative estimate of drug-likeness (QED) is 0.557. The molecule has 118 valence electrons. The number of carbonyl (C=O) groups is 2. The molecule has 1 heterocycles. The van der Waals surface area contributed by atoms with E-state index in [1.807, 2.05) is 12.1 Å². The lowest BCUT2D eigenvalue weighted by molar-refractivity contribution is -0.143. The molecule has 0 aromatic carbocycles. The van der Waals surface area contributed by atoms with Crippen LogP contribution in [-0.4, -0.2) is 43.5 Å². The Labute approximate surface area is 134 Å². The van der Waals surface area contributed by atoms with Crippen LogP contribution in [0.25, 0.3) is 0 Å². The molecule has 1 rings (SSSR count). The van der Waals surface area contributed by atoms with Crippen molar-refractivity contribution in [1.29, 1.82) is 0 Å². The van der Waals surface area contributed by atoms with Gasteiger partial charge in [-0.25, -0.2) is 0 Å². The molecular formula is C14H21ClN2O3S. The van der Waals surface area contributed by atoms with Crippen molar-refractivity contribution in [2.24, 2.45) is 0 Å². The Kier molecular flexibility index (Phi) is 8.34. The summed E-state index contributed by atoms with van der Waals surface area (Å²) in [7, 11) is 1.76. The van der Waals surface area contributed by atoms with Crippen molar-refractivity contribution in [2.45, 2.75) is 26.3 Å². The highest BCUT2D eigenvalue weighted by molar-refractivity contribution is 7.16. The number of esters is 1. The first-order valence-corrected chi connectivity index (χ1v) is 8.07. The van der Waals surface area contributed by atoms with Crippen LogP contribution in [0.4, 0.5) is 0 Å². The van der Waals surface area contributed by atoms with E-state index in [2.05, 4.69) is 5.32 Å². The zero-order valence-electron chi connectivity index (χ0n) is 12.4. The van der Waals surface area contributed by atoms with Crippen molar-refractivity contribution in [1.82, 2.24) is 10.2 Å². The van der Waals surface area contributed by atoms with Crippen LogP contribution in [0, 0.1) is 0 Å². The Morgan fingerprint density at radius 2 is 2.19 bits per heavy atom. The third kappa shape index (κ3) is 7.45. The lowest BCUT2D eigenvalue weighted by atomic mass is 10.3. The van der Waals surface area contributed by atoms with E-state index in [4.69, 9.17) is 16.3 Å². The third-order valence-corrected chi connectivity index (χ3v) is 3.98. The van der Waals surface area contributed by atoms with Crippen LogP contribution in [0.1, 0.15) is 24.6 Å². The van der Waals surface area contributed by atoms with E-state index in [-0.39, 0.29) is 18.4 Å². The fourth-order valence-electron chi connectivity index (χ4n) is 1.68. The highest BCUT2D eigenvalue weighted by Gasteiger charge is 2.10. The summed E-state index contributed by atoms with van der Waals surface area (Å²) in [5.41, 5.74) is 0. The van der Waals surface area contributed by atoms with Gasteiger partial charge in [-0.05, 0) is 32.0 Å². The molecule has 7 heteroatoms. The maximum Gasteiger partial charge on any atom is 0.305 e. The van der Waals surface area contributed by atoms with Crippen molar-refractivity contribution in [2.75, 3.05) is 26.7 Å². The Bertz CT molecular complexity index is 465. The average molecular weight is 333 g/mol. The Morgan fingerprint density at radius 3 is 2.81 bits per heavy atom. The van der Waals surface area contributed by atoms with Crippen molar-refractivity contribution in [3.05, 3.63) is 21.3 Å². The monoisotopic (exact) mass is 332 g/mol. The van der Waals surface area contributed by atoms with E-state index >= 15 is 0 Å². The van der Waals surface area contributed by atoms with Crippen molar-refractivity contribution in [3.8, 4) is 0 Å². The molecule has 21 heavy (non-hydrogen) atoms. The summed E-state index contributed by atoms with van der Waals surface area (Å²) in [6.45, 7) is 3.62. The number of ether oxygens (including phenoxy) is 1. The van der Waals surface area contributed by atoms with Gasteiger partial charge in [0.15, 0.2) is 0 Å². The first-order chi connectivity index (χ1) is 10.0. The number of hydrogen-bond donors (Lipinski definition) is 1. The topological polar surface area (TPSA) is 58.6 Å². The molecule has 0 radical (unpaired) electrons. The second-order valence-corrected chi connectivity index (χ2v) is 6.34. The number of carbonyl (C=O) groups excluding carboxylic acids is 2. The standard InChI is InChI=1S/C14H21ClN2O3S/c1-3-20-14(19)5-4-8-16-9-13(18)17(2)10-11-6-7-12(15)21-11/h6-7,16H,3-5,8-10H2,1-2H3. The van der Waals surface area contributed by atoms with Crippen LogP contribution < -0.4 is 5.32 Å². The number of nitrogens with zero attached hydrogens (tertiary/aromatic N) is 1. The summed E-state index contributed by atoms with van der Waals surface area (Å²) >= 11 is 7.33. The van der Waals surface area contributed by atoms with E-state index in [1.165, 1.54) is 11.3 Å². The predicted octanol–water partition coefficient (Wildman–Crippen LogP) is 2.29. The maximum atomic E-state index is 11.9. The van der Waals surface area contributed by atoms with Gasteiger partial charge in [-0.15, -0.1) is 11.3 Å². The minimum Gasteiger partial charge on any atom is -0.466 e. The summed E-state index contributed by atoms with van der Waals surface area (Å²) in [5.74, 6) is -0.187. The van der Waals surface area contributed by atoms with Gasteiger partial charge in [0.2, 0.25) is 5.91 Å². The lowest BCUT2D eigenvalue weighted by Crippen LogP contribution is -2.35. The molecule has 0 saturated carbocycles. The number of thiophene rings is 1. The number of nitrogens with one attached hydrogen (secondary N) is 1. The van der Waals surface area contributed by atoms with Gasteiger partial charge in [0.25, 0.3) is 0 Å². The summed E-state index contributed by atoms with van der Waals surface area (Å²) < 4.78 is 5.55. The third-order valence-electron chi connectivity index (χ3n) is 2.76. The summed E-state index contributed by atoms with van der Waals surface area (Å²) in [6, 6.07) is 3.75. The molecule has 1 aromatic rings. The van der Waals surface area contributed by atoms with Gasteiger partial charge in [-0.2, -0.15) is 0 Å². The van der Waals surface area contributed by atoms with Crippen LogP contribution in [0.3, 0.4) is 0 Å².